The van der Waals surface area contributed by atoms with Crippen molar-refractivity contribution in [3.05, 3.63) is 18.1 Å². The Balaban J connectivity index is 2.23. The van der Waals surface area contributed by atoms with Crippen LogP contribution in [0.5, 0.6) is 0 Å². The van der Waals surface area contributed by atoms with Gasteiger partial charge in [0.15, 0.2) is 11.0 Å². The highest BCUT2D eigenvalue weighted by Gasteiger charge is 2.13. The van der Waals surface area contributed by atoms with Gasteiger partial charge in [0.2, 0.25) is 0 Å². The molecular formula is C10H11N3O3S. The third-order valence-corrected chi connectivity index (χ3v) is 3.15. The molecule has 0 saturated carbocycles. The zero-order valence-electron chi connectivity index (χ0n) is 9.38. The summed E-state index contributed by atoms with van der Waals surface area (Å²) in [7, 11) is 1.79. The van der Waals surface area contributed by atoms with Crippen molar-refractivity contribution in [2.24, 2.45) is 7.05 Å². The lowest BCUT2D eigenvalue weighted by Gasteiger charge is -1.99. The summed E-state index contributed by atoms with van der Waals surface area (Å²) in [6.07, 6.45) is 1.60. The number of nitrogens with zero attached hydrogens (tertiary/aromatic N) is 3. The predicted molar refractivity (Wildman–Crippen MR) is 61.8 cm³/mol. The van der Waals surface area contributed by atoms with E-state index in [-0.39, 0.29) is 5.75 Å². The number of rotatable bonds is 4. The Morgan fingerprint density at radius 2 is 2.35 bits per heavy atom. The van der Waals surface area contributed by atoms with Crippen LogP contribution in [0.15, 0.2) is 21.9 Å². The normalized spacial score (nSPS) is 10.7. The van der Waals surface area contributed by atoms with Crippen molar-refractivity contribution in [2.75, 3.05) is 5.75 Å². The monoisotopic (exact) mass is 253 g/mol. The van der Waals surface area contributed by atoms with Crippen LogP contribution in [0.4, 0.5) is 0 Å². The van der Waals surface area contributed by atoms with Crippen LogP contribution in [0.1, 0.15) is 5.76 Å². The van der Waals surface area contributed by atoms with Crippen molar-refractivity contribution >= 4 is 17.7 Å². The van der Waals surface area contributed by atoms with Gasteiger partial charge in [0.25, 0.3) is 0 Å². The van der Waals surface area contributed by atoms with Gasteiger partial charge in [-0.15, -0.1) is 10.2 Å². The van der Waals surface area contributed by atoms with Crippen molar-refractivity contribution in [3.63, 3.8) is 0 Å². The number of carboxylic acids is 1. The Morgan fingerprint density at radius 1 is 1.59 bits per heavy atom. The first-order chi connectivity index (χ1) is 8.08. The van der Waals surface area contributed by atoms with Gasteiger partial charge in [-0.25, -0.2) is 0 Å². The van der Waals surface area contributed by atoms with Crippen molar-refractivity contribution in [1.29, 1.82) is 0 Å². The van der Waals surface area contributed by atoms with Crippen LogP contribution in [0.25, 0.3) is 11.4 Å². The van der Waals surface area contributed by atoms with E-state index in [0.717, 1.165) is 23.1 Å². The van der Waals surface area contributed by atoms with E-state index in [1.807, 2.05) is 13.0 Å². The molecule has 0 aliphatic heterocycles. The molecule has 2 aromatic heterocycles. The fourth-order valence-corrected chi connectivity index (χ4v) is 2.01. The van der Waals surface area contributed by atoms with E-state index >= 15 is 0 Å². The van der Waals surface area contributed by atoms with Gasteiger partial charge < -0.3 is 14.1 Å². The van der Waals surface area contributed by atoms with Gasteiger partial charge in [-0.1, -0.05) is 11.8 Å². The van der Waals surface area contributed by atoms with E-state index in [4.69, 9.17) is 9.52 Å². The van der Waals surface area contributed by atoms with Crippen molar-refractivity contribution < 1.29 is 14.3 Å². The number of carboxylic acid groups (broad SMARTS) is 1. The maximum atomic E-state index is 10.5. The molecule has 0 unspecified atom stereocenters. The molecule has 17 heavy (non-hydrogen) atoms. The molecule has 0 aliphatic carbocycles. The fraction of sp³-hybridized carbons (Fsp3) is 0.300. The molecule has 0 aromatic carbocycles. The third kappa shape index (κ3) is 2.50. The number of hydrogen-bond donors (Lipinski definition) is 1. The molecule has 2 heterocycles. The SMILES string of the molecule is Cc1cc(-c2nnc(SCC(=O)O)n2C)co1. The summed E-state index contributed by atoms with van der Waals surface area (Å²) in [6, 6.07) is 1.86. The van der Waals surface area contributed by atoms with E-state index in [1.54, 1.807) is 17.9 Å². The number of aryl methyl sites for hydroxylation is 1. The zero-order chi connectivity index (χ0) is 12.4. The minimum absolute atomic E-state index is 0.0314. The van der Waals surface area contributed by atoms with E-state index in [2.05, 4.69) is 10.2 Å². The first-order valence-electron chi connectivity index (χ1n) is 4.87. The quantitative estimate of drug-likeness (QED) is 0.833. The number of aliphatic carboxylic acids is 1. The molecule has 2 rings (SSSR count). The lowest BCUT2D eigenvalue weighted by Crippen LogP contribution is -2.00. The summed E-state index contributed by atoms with van der Waals surface area (Å²) >= 11 is 1.14. The van der Waals surface area contributed by atoms with Gasteiger partial charge in [0.1, 0.15) is 12.0 Å². The van der Waals surface area contributed by atoms with Crippen LogP contribution in [0, 0.1) is 6.92 Å². The minimum Gasteiger partial charge on any atom is -0.481 e. The smallest absolute Gasteiger partial charge is 0.313 e. The molecule has 0 bridgehead atoms. The van der Waals surface area contributed by atoms with Gasteiger partial charge in [0, 0.05) is 7.05 Å². The van der Waals surface area contributed by atoms with Gasteiger partial charge in [-0.3, -0.25) is 4.79 Å². The van der Waals surface area contributed by atoms with E-state index in [0.29, 0.717) is 11.0 Å². The highest BCUT2D eigenvalue weighted by atomic mass is 32.2. The van der Waals surface area contributed by atoms with Crippen LogP contribution in [0.3, 0.4) is 0 Å². The van der Waals surface area contributed by atoms with Gasteiger partial charge in [-0.05, 0) is 13.0 Å². The summed E-state index contributed by atoms with van der Waals surface area (Å²) in [5, 5.41) is 17.1. The molecular weight excluding hydrogens is 242 g/mol. The number of furan rings is 1. The van der Waals surface area contributed by atoms with Crippen LogP contribution >= 0.6 is 11.8 Å². The Labute approximate surface area is 102 Å². The molecule has 90 valence electrons. The Bertz CT molecular complexity index is 547. The molecule has 1 N–H and O–H groups in total. The second-order valence-electron chi connectivity index (χ2n) is 3.49. The number of aromatic nitrogens is 3. The summed E-state index contributed by atoms with van der Waals surface area (Å²) in [5.41, 5.74) is 0.833. The molecule has 0 fully saturated rings. The van der Waals surface area contributed by atoms with Crippen LogP contribution in [-0.4, -0.2) is 31.6 Å². The minimum atomic E-state index is -0.876. The van der Waals surface area contributed by atoms with E-state index in [1.165, 1.54) is 0 Å². The van der Waals surface area contributed by atoms with Crippen LogP contribution < -0.4 is 0 Å². The van der Waals surface area contributed by atoms with Crippen LogP contribution in [0.2, 0.25) is 0 Å². The summed E-state index contributed by atoms with van der Waals surface area (Å²) < 4.78 is 6.95. The number of hydrogen-bond acceptors (Lipinski definition) is 5. The Kier molecular flexibility index (Phi) is 3.19. The van der Waals surface area contributed by atoms with Gasteiger partial charge >= 0.3 is 5.97 Å². The second kappa shape index (κ2) is 4.62. The van der Waals surface area contributed by atoms with Gasteiger partial charge in [-0.2, -0.15) is 0 Å². The summed E-state index contributed by atoms with van der Waals surface area (Å²) in [6.45, 7) is 1.85. The zero-order valence-corrected chi connectivity index (χ0v) is 10.2. The summed E-state index contributed by atoms with van der Waals surface area (Å²) in [5.74, 6) is 0.548. The molecule has 6 nitrogen and oxygen atoms in total. The number of thioether (sulfide) groups is 1. The molecule has 0 saturated heterocycles. The topological polar surface area (TPSA) is 81.1 Å². The lowest BCUT2D eigenvalue weighted by molar-refractivity contribution is -0.133. The molecule has 0 amide bonds. The van der Waals surface area contributed by atoms with Crippen molar-refractivity contribution in [3.8, 4) is 11.4 Å². The van der Waals surface area contributed by atoms with E-state index < -0.39 is 5.97 Å². The maximum Gasteiger partial charge on any atom is 0.313 e. The average Bonchev–Trinajstić information content (AvgIpc) is 2.82. The molecule has 0 atom stereocenters. The molecule has 0 spiro atoms. The number of carbonyl (C=O) groups is 1. The predicted octanol–water partition coefficient (Wildman–Crippen LogP) is 1.56. The molecule has 0 radical (unpaired) electrons. The standard InChI is InChI=1S/C10H11N3O3S/c1-6-3-7(4-16-6)9-11-12-10(13(9)2)17-5-8(14)15/h3-4H,5H2,1-2H3,(H,14,15). The largest absolute Gasteiger partial charge is 0.481 e. The van der Waals surface area contributed by atoms with Gasteiger partial charge in [0.05, 0.1) is 11.3 Å². The maximum absolute atomic E-state index is 10.5. The van der Waals surface area contributed by atoms with Crippen LogP contribution in [-0.2, 0) is 11.8 Å². The average molecular weight is 253 g/mol. The highest BCUT2D eigenvalue weighted by molar-refractivity contribution is 7.99. The second-order valence-corrected chi connectivity index (χ2v) is 4.44. The molecule has 2 aromatic rings. The summed E-state index contributed by atoms with van der Waals surface area (Å²) in [4.78, 5) is 10.5. The van der Waals surface area contributed by atoms with E-state index in [9.17, 15) is 4.79 Å². The van der Waals surface area contributed by atoms with Crippen molar-refractivity contribution in [2.45, 2.75) is 12.1 Å². The van der Waals surface area contributed by atoms with Crippen molar-refractivity contribution in [1.82, 2.24) is 14.8 Å². The highest BCUT2D eigenvalue weighted by Crippen LogP contribution is 2.23. The third-order valence-electron chi connectivity index (χ3n) is 2.15. The first-order valence-corrected chi connectivity index (χ1v) is 5.86. The fourth-order valence-electron chi connectivity index (χ4n) is 1.38. The Hall–Kier alpha value is -1.76. The lowest BCUT2D eigenvalue weighted by atomic mass is 10.3. The molecule has 7 heteroatoms. The Morgan fingerprint density at radius 3 is 2.94 bits per heavy atom. The molecule has 0 aliphatic rings. The first kappa shape index (κ1) is 11.7.